The zero-order valence-electron chi connectivity index (χ0n) is 10.0. The first-order chi connectivity index (χ1) is 6.38. The van der Waals surface area contributed by atoms with E-state index in [9.17, 15) is 5.11 Å². The van der Waals surface area contributed by atoms with Gasteiger partial charge in [0.05, 0.1) is 5.60 Å². The van der Waals surface area contributed by atoms with E-state index in [4.69, 9.17) is 5.73 Å². The van der Waals surface area contributed by atoms with E-state index in [1.54, 1.807) is 0 Å². The predicted molar refractivity (Wildman–Crippen MR) is 60.0 cm³/mol. The summed E-state index contributed by atoms with van der Waals surface area (Å²) in [4.78, 5) is 0. The Labute approximate surface area is 87.9 Å². The summed E-state index contributed by atoms with van der Waals surface area (Å²) >= 11 is 0. The van der Waals surface area contributed by atoms with Gasteiger partial charge >= 0.3 is 0 Å². The van der Waals surface area contributed by atoms with Crippen molar-refractivity contribution in [2.45, 2.75) is 52.6 Å². The van der Waals surface area contributed by atoms with Gasteiger partial charge in [-0.3, -0.25) is 0 Å². The first-order valence-corrected chi connectivity index (χ1v) is 5.81. The van der Waals surface area contributed by atoms with Crippen LogP contribution in [0.5, 0.6) is 0 Å². The fourth-order valence-electron chi connectivity index (χ4n) is 2.44. The number of rotatable bonds is 4. The van der Waals surface area contributed by atoms with Gasteiger partial charge < -0.3 is 10.8 Å². The fourth-order valence-corrected chi connectivity index (χ4v) is 2.44. The van der Waals surface area contributed by atoms with Gasteiger partial charge in [-0.15, -0.1) is 0 Å². The van der Waals surface area contributed by atoms with Gasteiger partial charge in [-0.25, -0.2) is 0 Å². The summed E-state index contributed by atoms with van der Waals surface area (Å²) < 4.78 is 0. The van der Waals surface area contributed by atoms with Crippen LogP contribution >= 0.6 is 0 Å². The molecule has 1 aliphatic rings. The van der Waals surface area contributed by atoms with Crippen molar-refractivity contribution in [3.05, 3.63) is 0 Å². The standard InChI is InChI=1S/C12H25NO/c1-5-11(4,8-13)12(14)6-10(7-12)9(2)3/h9-10,14H,5-8,13H2,1-4H3. The summed E-state index contributed by atoms with van der Waals surface area (Å²) in [6.07, 6.45) is 2.84. The molecule has 0 saturated heterocycles. The molecule has 1 unspecified atom stereocenters. The molecule has 1 fully saturated rings. The number of aliphatic hydroxyl groups is 1. The van der Waals surface area contributed by atoms with Crippen LogP contribution in [0.4, 0.5) is 0 Å². The SMILES string of the molecule is CCC(C)(CN)C1(O)CC(C(C)C)C1. The molecule has 0 aromatic carbocycles. The van der Waals surface area contributed by atoms with E-state index in [0.717, 1.165) is 19.3 Å². The largest absolute Gasteiger partial charge is 0.389 e. The highest BCUT2D eigenvalue weighted by atomic mass is 16.3. The van der Waals surface area contributed by atoms with E-state index in [1.165, 1.54) is 0 Å². The number of nitrogens with two attached hydrogens (primary N) is 1. The highest BCUT2D eigenvalue weighted by molar-refractivity contribution is 5.05. The molecule has 0 radical (unpaired) electrons. The predicted octanol–water partition coefficient (Wildman–Crippen LogP) is 2.16. The highest BCUT2D eigenvalue weighted by Crippen LogP contribution is 2.52. The van der Waals surface area contributed by atoms with Gasteiger partial charge in [0.1, 0.15) is 0 Å². The monoisotopic (exact) mass is 199 g/mol. The average Bonchev–Trinajstić information content (AvgIpc) is 2.11. The van der Waals surface area contributed by atoms with Crippen LogP contribution in [-0.4, -0.2) is 17.3 Å². The smallest absolute Gasteiger partial charge is 0.0718 e. The molecule has 0 spiro atoms. The Hall–Kier alpha value is -0.0800. The lowest BCUT2D eigenvalue weighted by Crippen LogP contribution is -2.59. The lowest BCUT2D eigenvalue weighted by atomic mass is 9.54. The van der Waals surface area contributed by atoms with Crippen molar-refractivity contribution >= 4 is 0 Å². The van der Waals surface area contributed by atoms with Gasteiger partial charge in [-0.2, -0.15) is 0 Å². The molecule has 2 nitrogen and oxygen atoms in total. The third kappa shape index (κ3) is 1.70. The van der Waals surface area contributed by atoms with Crippen molar-refractivity contribution in [1.82, 2.24) is 0 Å². The number of hydrogen-bond donors (Lipinski definition) is 2. The van der Waals surface area contributed by atoms with Crippen LogP contribution in [0.15, 0.2) is 0 Å². The van der Waals surface area contributed by atoms with Crippen LogP contribution in [0.25, 0.3) is 0 Å². The first-order valence-electron chi connectivity index (χ1n) is 5.81. The maximum Gasteiger partial charge on any atom is 0.0718 e. The molecule has 0 aromatic heterocycles. The lowest BCUT2D eigenvalue weighted by molar-refractivity contribution is -0.167. The molecule has 84 valence electrons. The van der Waals surface area contributed by atoms with Gasteiger partial charge in [0.15, 0.2) is 0 Å². The van der Waals surface area contributed by atoms with Crippen molar-refractivity contribution in [2.75, 3.05) is 6.54 Å². The van der Waals surface area contributed by atoms with Gasteiger partial charge in [0, 0.05) is 12.0 Å². The minimum absolute atomic E-state index is 0.0849. The van der Waals surface area contributed by atoms with Crippen molar-refractivity contribution in [3.8, 4) is 0 Å². The van der Waals surface area contributed by atoms with Gasteiger partial charge in [0.25, 0.3) is 0 Å². The van der Waals surface area contributed by atoms with E-state index in [-0.39, 0.29) is 5.41 Å². The molecule has 0 heterocycles. The second-order valence-electron chi connectivity index (χ2n) is 5.56. The molecule has 3 N–H and O–H groups in total. The molecule has 2 heteroatoms. The second kappa shape index (κ2) is 3.82. The summed E-state index contributed by atoms with van der Waals surface area (Å²) in [5, 5.41) is 10.5. The summed E-state index contributed by atoms with van der Waals surface area (Å²) in [6.45, 7) is 9.29. The van der Waals surface area contributed by atoms with Gasteiger partial charge in [-0.05, 0) is 31.1 Å². The Morgan fingerprint density at radius 2 is 2.00 bits per heavy atom. The molecule has 0 aliphatic heterocycles. The fraction of sp³-hybridized carbons (Fsp3) is 1.00. The van der Waals surface area contributed by atoms with E-state index in [2.05, 4.69) is 27.7 Å². The quantitative estimate of drug-likeness (QED) is 0.729. The molecule has 1 atom stereocenters. The second-order valence-corrected chi connectivity index (χ2v) is 5.56. The molecule has 0 aromatic rings. The van der Waals surface area contributed by atoms with Crippen LogP contribution in [0, 0.1) is 17.3 Å². The normalized spacial score (nSPS) is 36.6. The van der Waals surface area contributed by atoms with Crippen molar-refractivity contribution in [2.24, 2.45) is 23.0 Å². The van der Waals surface area contributed by atoms with Crippen LogP contribution in [0.2, 0.25) is 0 Å². The lowest BCUT2D eigenvalue weighted by Gasteiger charge is -2.55. The zero-order valence-corrected chi connectivity index (χ0v) is 10.0. The summed E-state index contributed by atoms with van der Waals surface area (Å²) in [7, 11) is 0. The Morgan fingerprint density at radius 3 is 2.29 bits per heavy atom. The average molecular weight is 199 g/mol. The summed E-state index contributed by atoms with van der Waals surface area (Å²) in [5.41, 5.74) is 5.20. The minimum atomic E-state index is -0.495. The molecular formula is C12H25NO. The molecule has 1 rings (SSSR count). The third-order valence-corrected chi connectivity index (χ3v) is 4.50. The minimum Gasteiger partial charge on any atom is -0.389 e. The van der Waals surface area contributed by atoms with Crippen LogP contribution < -0.4 is 5.73 Å². The van der Waals surface area contributed by atoms with Crippen LogP contribution in [0.3, 0.4) is 0 Å². The Kier molecular flexibility index (Phi) is 3.27. The molecule has 14 heavy (non-hydrogen) atoms. The molecule has 1 aliphatic carbocycles. The number of hydrogen-bond acceptors (Lipinski definition) is 2. The van der Waals surface area contributed by atoms with E-state index < -0.39 is 5.60 Å². The topological polar surface area (TPSA) is 46.2 Å². The van der Waals surface area contributed by atoms with Crippen molar-refractivity contribution in [3.63, 3.8) is 0 Å². The maximum absolute atomic E-state index is 10.5. The van der Waals surface area contributed by atoms with E-state index in [0.29, 0.717) is 18.4 Å². The molecular weight excluding hydrogens is 174 g/mol. The van der Waals surface area contributed by atoms with Crippen LogP contribution in [-0.2, 0) is 0 Å². The third-order valence-electron chi connectivity index (χ3n) is 4.50. The summed E-state index contributed by atoms with van der Waals surface area (Å²) in [6, 6.07) is 0. The van der Waals surface area contributed by atoms with E-state index in [1.807, 2.05) is 0 Å². The Bertz CT molecular complexity index is 190. The Balaban J connectivity index is 2.62. The molecule has 0 amide bonds. The Morgan fingerprint density at radius 1 is 1.50 bits per heavy atom. The first kappa shape index (κ1) is 12.0. The van der Waals surface area contributed by atoms with Crippen molar-refractivity contribution in [1.29, 1.82) is 0 Å². The van der Waals surface area contributed by atoms with Gasteiger partial charge in [-0.1, -0.05) is 27.7 Å². The van der Waals surface area contributed by atoms with Crippen molar-refractivity contribution < 1.29 is 5.11 Å². The molecule has 1 saturated carbocycles. The highest BCUT2D eigenvalue weighted by Gasteiger charge is 2.53. The van der Waals surface area contributed by atoms with E-state index >= 15 is 0 Å². The van der Waals surface area contributed by atoms with Crippen LogP contribution in [0.1, 0.15) is 47.0 Å². The summed E-state index contributed by atoms with van der Waals surface area (Å²) in [5.74, 6) is 1.38. The zero-order chi connectivity index (χ0) is 11.0. The van der Waals surface area contributed by atoms with Gasteiger partial charge in [0.2, 0.25) is 0 Å². The maximum atomic E-state index is 10.5. The molecule has 0 bridgehead atoms.